The van der Waals surface area contributed by atoms with Gasteiger partial charge in [0.2, 0.25) is 0 Å². The second kappa shape index (κ2) is 7.21. The number of aryl methyl sites for hydroxylation is 2. The number of carbonyl (C=O) groups excluding carboxylic acids is 1. The van der Waals surface area contributed by atoms with Gasteiger partial charge in [-0.2, -0.15) is 0 Å². The van der Waals surface area contributed by atoms with Crippen molar-refractivity contribution < 1.29 is 4.79 Å². The summed E-state index contributed by atoms with van der Waals surface area (Å²) in [4.78, 5) is 23.6. The topological polar surface area (TPSA) is 39.1 Å². The van der Waals surface area contributed by atoms with E-state index >= 15 is 0 Å². The third-order valence-corrected chi connectivity index (χ3v) is 3.98. The van der Waals surface area contributed by atoms with Gasteiger partial charge in [-0.3, -0.25) is 9.59 Å². The van der Waals surface area contributed by atoms with Gasteiger partial charge in [0, 0.05) is 12.1 Å². The van der Waals surface area contributed by atoms with Crippen molar-refractivity contribution in [2.24, 2.45) is 0 Å². The van der Waals surface area contributed by atoms with E-state index in [0.29, 0.717) is 12.8 Å². The van der Waals surface area contributed by atoms with Crippen LogP contribution in [-0.2, 0) is 6.54 Å². The molecule has 1 heterocycles. The molecule has 0 aliphatic heterocycles. The molecule has 0 radical (unpaired) electrons. The number of carbonyl (C=O) groups is 1. The van der Waals surface area contributed by atoms with E-state index in [0.717, 1.165) is 41.6 Å². The summed E-state index contributed by atoms with van der Waals surface area (Å²) in [5.74, 6) is 0. The van der Waals surface area contributed by atoms with Gasteiger partial charge in [0.15, 0.2) is 6.29 Å². The molecule has 0 spiro atoms. The van der Waals surface area contributed by atoms with Gasteiger partial charge >= 0.3 is 0 Å². The minimum absolute atomic E-state index is 0.190. The molecule has 0 saturated heterocycles. The molecular weight excluding hydrogens is 274 g/mol. The van der Waals surface area contributed by atoms with E-state index in [2.05, 4.69) is 25.1 Å². The van der Waals surface area contributed by atoms with Crippen LogP contribution >= 0.6 is 0 Å². The van der Waals surface area contributed by atoms with Crippen LogP contribution in [0, 0.1) is 13.8 Å². The van der Waals surface area contributed by atoms with E-state index in [1.54, 1.807) is 10.6 Å². The van der Waals surface area contributed by atoms with Gasteiger partial charge in [-0.05, 0) is 44.0 Å². The van der Waals surface area contributed by atoms with Crippen molar-refractivity contribution in [3.8, 4) is 11.3 Å². The largest absolute Gasteiger partial charge is 0.308 e. The predicted octanol–water partition coefficient (Wildman–Crippen LogP) is 4.13. The van der Waals surface area contributed by atoms with Crippen LogP contribution in [0.15, 0.2) is 35.1 Å². The summed E-state index contributed by atoms with van der Waals surface area (Å²) >= 11 is 0. The Morgan fingerprint density at radius 3 is 2.55 bits per heavy atom. The van der Waals surface area contributed by atoms with Gasteiger partial charge in [0.1, 0.15) is 0 Å². The molecule has 3 nitrogen and oxygen atoms in total. The number of aromatic nitrogens is 1. The standard InChI is InChI=1S/C19H23NO2/c1-4-5-6-11-20-18(10-9-16(13-21)19(20)22)17-12-14(2)7-8-15(17)3/h7-10,12-13H,4-6,11H2,1-3H3. The molecule has 0 amide bonds. The van der Waals surface area contributed by atoms with Gasteiger partial charge in [-0.15, -0.1) is 0 Å². The van der Waals surface area contributed by atoms with Crippen LogP contribution in [0.1, 0.15) is 47.7 Å². The first kappa shape index (κ1) is 16.2. The van der Waals surface area contributed by atoms with Gasteiger partial charge in [0.25, 0.3) is 5.56 Å². The lowest BCUT2D eigenvalue weighted by Gasteiger charge is -2.16. The average Bonchev–Trinajstić information content (AvgIpc) is 2.51. The lowest BCUT2D eigenvalue weighted by atomic mass is 10.0. The Hall–Kier alpha value is -2.16. The van der Waals surface area contributed by atoms with E-state index in [1.807, 2.05) is 19.9 Å². The summed E-state index contributed by atoms with van der Waals surface area (Å²) in [5.41, 5.74) is 4.29. The Labute approximate surface area is 131 Å². The highest BCUT2D eigenvalue weighted by atomic mass is 16.1. The van der Waals surface area contributed by atoms with Crippen molar-refractivity contribution in [2.75, 3.05) is 0 Å². The molecule has 0 unspecified atom stereocenters. The molecule has 0 fully saturated rings. The SMILES string of the molecule is CCCCCn1c(-c2cc(C)ccc2C)ccc(C=O)c1=O. The molecule has 116 valence electrons. The lowest BCUT2D eigenvalue weighted by Crippen LogP contribution is -2.25. The Morgan fingerprint density at radius 2 is 1.86 bits per heavy atom. The van der Waals surface area contributed by atoms with E-state index in [9.17, 15) is 9.59 Å². The van der Waals surface area contributed by atoms with Gasteiger partial charge in [-0.25, -0.2) is 0 Å². The monoisotopic (exact) mass is 297 g/mol. The van der Waals surface area contributed by atoms with E-state index < -0.39 is 0 Å². The van der Waals surface area contributed by atoms with Crippen molar-refractivity contribution in [3.05, 3.63) is 57.4 Å². The minimum Gasteiger partial charge on any atom is -0.308 e. The van der Waals surface area contributed by atoms with E-state index in [4.69, 9.17) is 0 Å². The first-order valence-electron chi connectivity index (χ1n) is 7.85. The zero-order chi connectivity index (χ0) is 16.1. The number of nitrogens with zero attached hydrogens (tertiary/aromatic N) is 1. The van der Waals surface area contributed by atoms with Gasteiger partial charge in [0.05, 0.1) is 11.3 Å². The number of rotatable bonds is 6. The quantitative estimate of drug-likeness (QED) is 0.594. The molecule has 22 heavy (non-hydrogen) atoms. The highest BCUT2D eigenvalue weighted by molar-refractivity contribution is 5.76. The molecule has 2 rings (SSSR count). The van der Waals surface area contributed by atoms with Gasteiger partial charge in [-0.1, -0.05) is 37.5 Å². The maximum atomic E-state index is 12.5. The Kier molecular flexibility index (Phi) is 5.31. The van der Waals surface area contributed by atoms with Crippen LogP contribution in [0.5, 0.6) is 0 Å². The van der Waals surface area contributed by atoms with Crippen LogP contribution < -0.4 is 5.56 Å². The van der Waals surface area contributed by atoms with Crippen molar-refractivity contribution in [1.29, 1.82) is 0 Å². The number of unbranched alkanes of at least 4 members (excludes halogenated alkanes) is 2. The van der Waals surface area contributed by atoms with E-state index in [1.165, 1.54) is 0 Å². The molecule has 3 heteroatoms. The normalized spacial score (nSPS) is 10.7. The zero-order valence-electron chi connectivity index (χ0n) is 13.6. The van der Waals surface area contributed by atoms with Crippen LogP contribution in [-0.4, -0.2) is 10.9 Å². The Balaban J connectivity index is 2.59. The Bertz CT molecular complexity index is 729. The lowest BCUT2D eigenvalue weighted by molar-refractivity contribution is 0.112. The average molecular weight is 297 g/mol. The maximum absolute atomic E-state index is 12.5. The van der Waals surface area contributed by atoms with Crippen LogP contribution in [0.3, 0.4) is 0 Å². The predicted molar refractivity (Wildman–Crippen MR) is 90.5 cm³/mol. The van der Waals surface area contributed by atoms with Crippen LogP contribution in [0.25, 0.3) is 11.3 Å². The van der Waals surface area contributed by atoms with Crippen molar-refractivity contribution in [1.82, 2.24) is 4.57 Å². The maximum Gasteiger partial charge on any atom is 0.261 e. The first-order valence-corrected chi connectivity index (χ1v) is 7.85. The highest BCUT2D eigenvalue weighted by Crippen LogP contribution is 2.24. The number of benzene rings is 1. The molecule has 0 N–H and O–H groups in total. The van der Waals surface area contributed by atoms with Crippen LogP contribution in [0.4, 0.5) is 0 Å². The van der Waals surface area contributed by atoms with E-state index in [-0.39, 0.29) is 11.1 Å². The molecule has 0 aliphatic carbocycles. The molecule has 0 aliphatic rings. The van der Waals surface area contributed by atoms with Crippen LogP contribution in [0.2, 0.25) is 0 Å². The summed E-state index contributed by atoms with van der Waals surface area (Å²) in [7, 11) is 0. The highest BCUT2D eigenvalue weighted by Gasteiger charge is 2.12. The fourth-order valence-corrected chi connectivity index (χ4v) is 2.67. The summed E-state index contributed by atoms with van der Waals surface area (Å²) in [5, 5.41) is 0. The summed E-state index contributed by atoms with van der Waals surface area (Å²) in [6.07, 6.45) is 3.76. The fourth-order valence-electron chi connectivity index (χ4n) is 2.67. The second-order valence-electron chi connectivity index (χ2n) is 5.77. The molecule has 2 aromatic rings. The van der Waals surface area contributed by atoms with Gasteiger partial charge < -0.3 is 4.57 Å². The summed E-state index contributed by atoms with van der Waals surface area (Å²) in [6.45, 7) is 6.87. The number of pyridine rings is 1. The second-order valence-corrected chi connectivity index (χ2v) is 5.77. The smallest absolute Gasteiger partial charge is 0.261 e. The molecule has 0 atom stereocenters. The first-order chi connectivity index (χ1) is 10.6. The molecule has 1 aromatic heterocycles. The van der Waals surface area contributed by atoms with Crippen molar-refractivity contribution >= 4 is 6.29 Å². The Morgan fingerprint density at radius 1 is 1.09 bits per heavy atom. The summed E-state index contributed by atoms with van der Waals surface area (Å²) in [6, 6.07) is 9.75. The molecule has 1 aromatic carbocycles. The van der Waals surface area contributed by atoms with Crippen molar-refractivity contribution in [2.45, 2.75) is 46.6 Å². The number of aldehydes is 1. The molecule has 0 bridgehead atoms. The zero-order valence-corrected chi connectivity index (χ0v) is 13.6. The third-order valence-electron chi connectivity index (χ3n) is 3.98. The molecular formula is C19H23NO2. The number of hydrogen-bond acceptors (Lipinski definition) is 2. The third kappa shape index (κ3) is 3.35. The fraction of sp³-hybridized carbons (Fsp3) is 0.368. The minimum atomic E-state index is -0.190. The van der Waals surface area contributed by atoms with Crippen molar-refractivity contribution in [3.63, 3.8) is 0 Å². The number of hydrogen-bond donors (Lipinski definition) is 0. The molecule has 0 saturated carbocycles. The summed E-state index contributed by atoms with van der Waals surface area (Å²) < 4.78 is 1.75.